The van der Waals surface area contributed by atoms with Crippen molar-refractivity contribution in [2.75, 3.05) is 5.75 Å². The van der Waals surface area contributed by atoms with Crippen LogP contribution in [0.15, 0.2) is 35.4 Å². The van der Waals surface area contributed by atoms with Gasteiger partial charge in [0.15, 0.2) is 0 Å². The molecule has 3 heterocycles. The third-order valence-electron chi connectivity index (χ3n) is 2.96. The van der Waals surface area contributed by atoms with Crippen molar-refractivity contribution in [3.8, 4) is 0 Å². The molecule has 92 valence electrons. The number of rotatable bonds is 2. The van der Waals surface area contributed by atoms with Crippen LogP contribution in [-0.4, -0.2) is 20.5 Å². The molecule has 0 radical (unpaired) electrons. The minimum absolute atomic E-state index is 0.0277. The Morgan fingerprint density at radius 1 is 1.44 bits per heavy atom. The molecule has 0 amide bonds. The smallest absolute Gasteiger partial charge is 0.267 e. The summed E-state index contributed by atoms with van der Waals surface area (Å²) in [4.78, 5) is 16.0. The van der Waals surface area contributed by atoms with Crippen LogP contribution in [0.5, 0.6) is 0 Å². The van der Waals surface area contributed by atoms with Crippen LogP contribution in [0.3, 0.4) is 0 Å². The molecule has 0 N–H and O–H groups in total. The predicted molar refractivity (Wildman–Crippen MR) is 71.7 cm³/mol. The lowest BCUT2D eigenvalue weighted by Crippen LogP contribution is -2.26. The van der Waals surface area contributed by atoms with Crippen LogP contribution in [0.4, 0.5) is 0 Å². The molecule has 0 saturated carbocycles. The lowest BCUT2D eigenvalue weighted by molar-refractivity contribution is 0.614. The quantitative estimate of drug-likeness (QED) is 0.819. The Morgan fingerprint density at radius 3 is 3.22 bits per heavy atom. The van der Waals surface area contributed by atoms with Gasteiger partial charge in [-0.05, 0) is 22.9 Å². The molecular weight excluding hydrogens is 246 g/mol. The van der Waals surface area contributed by atoms with Crippen molar-refractivity contribution in [1.82, 2.24) is 14.8 Å². The summed E-state index contributed by atoms with van der Waals surface area (Å²) in [5.74, 6) is 2.00. The van der Waals surface area contributed by atoms with Crippen molar-refractivity contribution < 1.29 is 0 Å². The van der Waals surface area contributed by atoms with E-state index in [0.717, 1.165) is 34.7 Å². The van der Waals surface area contributed by atoms with Gasteiger partial charge in [-0.15, -0.1) is 0 Å². The first-order valence-electron chi connectivity index (χ1n) is 5.89. The van der Waals surface area contributed by atoms with E-state index in [-0.39, 0.29) is 5.56 Å². The van der Waals surface area contributed by atoms with Gasteiger partial charge in [-0.1, -0.05) is 6.07 Å². The number of aryl methyl sites for hydroxylation is 1. The van der Waals surface area contributed by atoms with Gasteiger partial charge in [0.2, 0.25) is 0 Å². The Labute approximate surface area is 109 Å². The Bertz CT molecular complexity index is 609. The van der Waals surface area contributed by atoms with E-state index in [1.807, 2.05) is 23.9 Å². The Morgan fingerprint density at radius 2 is 2.39 bits per heavy atom. The van der Waals surface area contributed by atoms with Crippen molar-refractivity contribution >= 4 is 11.8 Å². The molecule has 18 heavy (non-hydrogen) atoms. The van der Waals surface area contributed by atoms with Crippen LogP contribution in [0, 0.1) is 0 Å². The number of hydrogen-bond acceptors (Lipinski definition) is 4. The zero-order chi connectivity index (χ0) is 12.4. The normalized spacial score (nSPS) is 14.2. The van der Waals surface area contributed by atoms with Gasteiger partial charge in [0.05, 0.1) is 12.2 Å². The standard InChI is InChI=1S/C13H13N3OS/c17-13-6-11-9-18-5-3-12(11)15-16(13)8-10-2-1-4-14-7-10/h1-2,4,6-7H,3,5,8-9H2. The molecule has 0 aromatic carbocycles. The monoisotopic (exact) mass is 259 g/mol. The number of fused-ring (bicyclic) bond motifs is 1. The molecule has 0 unspecified atom stereocenters. The predicted octanol–water partition coefficient (Wildman–Crippen LogP) is 1.48. The maximum atomic E-state index is 12.0. The topological polar surface area (TPSA) is 47.8 Å². The zero-order valence-electron chi connectivity index (χ0n) is 9.87. The Kier molecular flexibility index (Phi) is 3.15. The maximum absolute atomic E-state index is 12.0. The zero-order valence-corrected chi connectivity index (χ0v) is 10.7. The molecular formula is C13H13N3OS. The summed E-state index contributed by atoms with van der Waals surface area (Å²) in [6.07, 6.45) is 4.44. The minimum Gasteiger partial charge on any atom is -0.268 e. The number of aromatic nitrogens is 3. The second-order valence-corrected chi connectivity index (χ2v) is 5.38. The van der Waals surface area contributed by atoms with Gasteiger partial charge in [0.25, 0.3) is 5.56 Å². The van der Waals surface area contributed by atoms with E-state index < -0.39 is 0 Å². The van der Waals surface area contributed by atoms with Crippen molar-refractivity contribution in [1.29, 1.82) is 0 Å². The van der Waals surface area contributed by atoms with E-state index in [4.69, 9.17) is 0 Å². The van der Waals surface area contributed by atoms with Crippen LogP contribution in [0.25, 0.3) is 0 Å². The molecule has 1 aliphatic heterocycles. The fourth-order valence-electron chi connectivity index (χ4n) is 2.03. The largest absolute Gasteiger partial charge is 0.268 e. The molecule has 1 aliphatic rings. The highest BCUT2D eigenvalue weighted by atomic mass is 32.2. The number of hydrogen-bond donors (Lipinski definition) is 0. The lowest BCUT2D eigenvalue weighted by Gasteiger charge is -2.15. The van der Waals surface area contributed by atoms with Crippen LogP contribution in [0.2, 0.25) is 0 Å². The van der Waals surface area contributed by atoms with Crippen LogP contribution in [-0.2, 0) is 18.7 Å². The molecule has 5 heteroatoms. The van der Waals surface area contributed by atoms with Crippen molar-refractivity contribution in [2.24, 2.45) is 0 Å². The van der Waals surface area contributed by atoms with Crippen molar-refractivity contribution in [3.63, 3.8) is 0 Å². The molecule has 0 atom stereocenters. The molecule has 0 fully saturated rings. The van der Waals surface area contributed by atoms with Crippen LogP contribution >= 0.6 is 11.8 Å². The SMILES string of the molecule is O=c1cc2c(nn1Cc1cccnc1)CCSC2. The summed E-state index contributed by atoms with van der Waals surface area (Å²) in [7, 11) is 0. The Hall–Kier alpha value is -1.62. The van der Waals surface area contributed by atoms with E-state index in [2.05, 4.69) is 10.1 Å². The molecule has 0 saturated heterocycles. The van der Waals surface area contributed by atoms with Crippen LogP contribution < -0.4 is 5.56 Å². The first-order valence-corrected chi connectivity index (χ1v) is 7.05. The van der Waals surface area contributed by atoms with Gasteiger partial charge < -0.3 is 0 Å². The number of pyridine rings is 1. The second kappa shape index (κ2) is 4.94. The molecule has 0 aliphatic carbocycles. The first-order chi connectivity index (χ1) is 8.83. The number of thioether (sulfide) groups is 1. The average Bonchev–Trinajstić information content (AvgIpc) is 2.41. The third kappa shape index (κ3) is 2.31. The minimum atomic E-state index is -0.0277. The summed E-state index contributed by atoms with van der Waals surface area (Å²) in [6, 6.07) is 5.55. The fraction of sp³-hybridized carbons (Fsp3) is 0.308. The van der Waals surface area contributed by atoms with Gasteiger partial charge in [0, 0.05) is 30.6 Å². The fourth-order valence-corrected chi connectivity index (χ4v) is 2.98. The van der Waals surface area contributed by atoms with E-state index in [0.29, 0.717) is 6.54 Å². The Balaban J connectivity index is 1.95. The highest BCUT2D eigenvalue weighted by Gasteiger charge is 2.13. The molecule has 2 aromatic heterocycles. The lowest BCUT2D eigenvalue weighted by atomic mass is 10.2. The van der Waals surface area contributed by atoms with Gasteiger partial charge in [-0.25, -0.2) is 4.68 Å². The molecule has 2 aromatic rings. The summed E-state index contributed by atoms with van der Waals surface area (Å²) >= 11 is 1.86. The van der Waals surface area contributed by atoms with E-state index in [9.17, 15) is 4.79 Å². The van der Waals surface area contributed by atoms with Crippen molar-refractivity contribution in [3.05, 3.63) is 57.8 Å². The highest BCUT2D eigenvalue weighted by Crippen LogP contribution is 2.21. The van der Waals surface area contributed by atoms with E-state index >= 15 is 0 Å². The van der Waals surface area contributed by atoms with Gasteiger partial charge in [-0.2, -0.15) is 16.9 Å². The molecule has 3 rings (SSSR count). The average molecular weight is 259 g/mol. The maximum Gasteiger partial charge on any atom is 0.267 e. The summed E-state index contributed by atoms with van der Waals surface area (Å²) in [5.41, 5.74) is 3.13. The van der Waals surface area contributed by atoms with E-state index in [1.165, 1.54) is 4.68 Å². The molecule has 4 nitrogen and oxygen atoms in total. The first kappa shape index (κ1) is 11.5. The van der Waals surface area contributed by atoms with Crippen LogP contribution in [0.1, 0.15) is 16.8 Å². The molecule has 0 spiro atoms. The summed E-state index contributed by atoms with van der Waals surface area (Å²) in [5, 5.41) is 4.47. The van der Waals surface area contributed by atoms with E-state index in [1.54, 1.807) is 18.5 Å². The molecule has 0 bridgehead atoms. The highest BCUT2D eigenvalue weighted by molar-refractivity contribution is 7.98. The van der Waals surface area contributed by atoms with Gasteiger partial charge in [0.1, 0.15) is 0 Å². The number of nitrogens with zero attached hydrogens (tertiary/aromatic N) is 3. The second-order valence-electron chi connectivity index (χ2n) is 4.28. The van der Waals surface area contributed by atoms with Gasteiger partial charge >= 0.3 is 0 Å². The van der Waals surface area contributed by atoms with Crippen molar-refractivity contribution in [2.45, 2.75) is 18.7 Å². The summed E-state index contributed by atoms with van der Waals surface area (Å²) in [6.45, 7) is 0.493. The third-order valence-corrected chi connectivity index (χ3v) is 3.97. The summed E-state index contributed by atoms with van der Waals surface area (Å²) < 4.78 is 1.53. The van der Waals surface area contributed by atoms with Gasteiger partial charge in [-0.3, -0.25) is 9.78 Å².